The first-order chi connectivity index (χ1) is 10.3. The number of hydrogen-bond acceptors (Lipinski definition) is 3. The molecule has 0 aromatic carbocycles. The second-order valence-electron chi connectivity index (χ2n) is 5.82. The third-order valence-corrected chi connectivity index (χ3v) is 4.25. The third-order valence-electron chi connectivity index (χ3n) is 4.25. The molecule has 1 aliphatic rings. The highest BCUT2D eigenvalue weighted by atomic mass is 15.2. The van der Waals surface area contributed by atoms with Crippen LogP contribution in [0.5, 0.6) is 0 Å². The Morgan fingerprint density at radius 1 is 1.33 bits per heavy atom. The summed E-state index contributed by atoms with van der Waals surface area (Å²) in [4.78, 5) is 7.92. The number of aromatic amines is 1. The van der Waals surface area contributed by atoms with Gasteiger partial charge in [-0.05, 0) is 30.5 Å². The summed E-state index contributed by atoms with van der Waals surface area (Å²) in [5.74, 6) is 0.954. The second kappa shape index (κ2) is 4.91. The van der Waals surface area contributed by atoms with E-state index in [0.29, 0.717) is 6.04 Å². The van der Waals surface area contributed by atoms with Crippen molar-refractivity contribution in [3.8, 4) is 11.1 Å². The predicted molar refractivity (Wildman–Crippen MR) is 84.2 cm³/mol. The van der Waals surface area contributed by atoms with Gasteiger partial charge in [0, 0.05) is 36.4 Å². The molecule has 3 aromatic rings. The molecule has 3 heterocycles. The van der Waals surface area contributed by atoms with Crippen molar-refractivity contribution in [3.63, 3.8) is 0 Å². The van der Waals surface area contributed by atoms with Gasteiger partial charge in [-0.2, -0.15) is 5.10 Å². The van der Waals surface area contributed by atoms with Gasteiger partial charge in [0.2, 0.25) is 0 Å². The molecule has 0 bridgehead atoms. The molecular weight excluding hydrogens is 262 g/mol. The van der Waals surface area contributed by atoms with Crippen molar-refractivity contribution in [1.82, 2.24) is 19.7 Å². The zero-order chi connectivity index (χ0) is 14.2. The second-order valence-corrected chi connectivity index (χ2v) is 5.82. The lowest BCUT2D eigenvalue weighted by molar-refractivity contribution is 0.751. The lowest BCUT2D eigenvalue weighted by Crippen LogP contribution is -2.15. The number of anilines is 1. The lowest BCUT2D eigenvalue weighted by Gasteiger charge is -2.13. The average molecular weight is 281 g/mol. The van der Waals surface area contributed by atoms with Gasteiger partial charge < -0.3 is 10.3 Å². The molecule has 0 spiro atoms. The summed E-state index contributed by atoms with van der Waals surface area (Å²) in [6.07, 6.45) is 11.0. The summed E-state index contributed by atoms with van der Waals surface area (Å²) in [6, 6.07) is 4.78. The molecule has 3 aromatic heterocycles. The Balaban J connectivity index is 1.78. The first-order valence-electron chi connectivity index (χ1n) is 7.53. The minimum atomic E-state index is 0.562. The monoisotopic (exact) mass is 281 g/mol. The first-order valence-corrected chi connectivity index (χ1v) is 7.53. The van der Waals surface area contributed by atoms with E-state index in [0.717, 1.165) is 22.4 Å². The number of nitrogens with one attached hydrogen (secondary N) is 2. The van der Waals surface area contributed by atoms with E-state index in [1.807, 2.05) is 30.3 Å². The fourth-order valence-electron chi connectivity index (χ4n) is 3.19. The molecule has 0 unspecified atom stereocenters. The van der Waals surface area contributed by atoms with E-state index < -0.39 is 0 Å². The van der Waals surface area contributed by atoms with Gasteiger partial charge in [-0.3, -0.25) is 4.68 Å². The summed E-state index contributed by atoms with van der Waals surface area (Å²) in [6.45, 7) is 0. The molecule has 1 saturated carbocycles. The van der Waals surface area contributed by atoms with Crippen LogP contribution in [-0.2, 0) is 7.05 Å². The highest BCUT2D eigenvalue weighted by molar-refractivity contribution is 5.94. The predicted octanol–water partition coefficient (Wildman–Crippen LogP) is 3.32. The molecule has 21 heavy (non-hydrogen) atoms. The smallest absolute Gasteiger partial charge is 0.140 e. The lowest BCUT2D eigenvalue weighted by atomic mass is 10.1. The highest BCUT2D eigenvalue weighted by Gasteiger charge is 2.17. The number of aryl methyl sites for hydroxylation is 1. The van der Waals surface area contributed by atoms with E-state index in [1.165, 1.54) is 31.2 Å². The fourth-order valence-corrected chi connectivity index (χ4v) is 3.19. The largest absolute Gasteiger partial charge is 0.367 e. The summed E-state index contributed by atoms with van der Waals surface area (Å²) < 4.78 is 1.83. The molecule has 0 amide bonds. The third kappa shape index (κ3) is 2.28. The van der Waals surface area contributed by atoms with Gasteiger partial charge in [0.1, 0.15) is 11.5 Å². The number of aromatic nitrogens is 4. The molecule has 0 radical (unpaired) electrons. The normalized spacial score (nSPS) is 15.9. The molecule has 5 nitrogen and oxygen atoms in total. The minimum absolute atomic E-state index is 0.562. The molecule has 1 fully saturated rings. The van der Waals surface area contributed by atoms with Crippen molar-refractivity contribution in [3.05, 3.63) is 30.7 Å². The molecule has 2 N–H and O–H groups in total. The summed E-state index contributed by atoms with van der Waals surface area (Å²) in [5.41, 5.74) is 3.23. The number of hydrogen-bond donors (Lipinski definition) is 2. The van der Waals surface area contributed by atoms with Crippen molar-refractivity contribution in [2.75, 3.05) is 5.32 Å². The summed E-state index contributed by atoms with van der Waals surface area (Å²) >= 11 is 0. The molecule has 1 aliphatic carbocycles. The zero-order valence-electron chi connectivity index (χ0n) is 12.1. The number of H-pyrrole nitrogens is 1. The molecule has 0 aliphatic heterocycles. The Bertz CT molecular complexity index is 764. The number of nitrogens with zero attached hydrogens (tertiary/aromatic N) is 3. The highest BCUT2D eigenvalue weighted by Crippen LogP contribution is 2.30. The Morgan fingerprint density at radius 3 is 2.95 bits per heavy atom. The molecule has 108 valence electrons. The average Bonchev–Trinajstić information content (AvgIpc) is 3.18. The standard InChI is InChI=1S/C16H19N5/c1-21-10-11(9-18-21)14-8-15(19-12-4-2-3-5-12)20-16-13(14)6-7-17-16/h6-10,12H,2-5H2,1H3,(H2,17,19,20). The Morgan fingerprint density at radius 2 is 2.19 bits per heavy atom. The van der Waals surface area contributed by atoms with Crippen LogP contribution in [-0.4, -0.2) is 25.8 Å². The van der Waals surface area contributed by atoms with E-state index in [1.54, 1.807) is 0 Å². The van der Waals surface area contributed by atoms with Gasteiger partial charge in [-0.25, -0.2) is 4.98 Å². The zero-order valence-corrected chi connectivity index (χ0v) is 12.1. The Labute approximate surface area is 123 Å². The van der Waals surface area contributed by atoms with Gasteiger partial charge in [-0.15, -0.1) is 0 Å². The maximum absolute atomic E-state index is 4.70. The molecular formula is C16H19N5. The van der Waals surface area contributed by atoms with E-state index in [2.05, 4.69) is 27.5 Å². The van der Waals surface area contributed by atoms with Gasteiger partial charge in [-0.1, -0.05) is 12.8 Å². The molecule has 0 saturated heterocycles. The van der Waals surface area contributed by atoms with Crippen molar-refractivity contribution in [2.24, 2.45) is 7.05 Å². The summed E-state index contributed by atoms with van der Waals surface area (Å²) in [7, 11) is 1.94. The van der Waals surface area contributed by atoms with Crippen LogP contribution in [0.25, 0.3) is 22.2 Å². The van der Waals surface area contributed by atoms with E-state index >= 15 is 0 Å². The fraction of sp³-hybridized carbons (Fsp3) is 0.375. The molecule has 0 atom stereocenters. The van der Waals surface area contributed by atoms with Crippen molar-refractivity contribution >= 4 is 16.9 Å². The van der Waals surface area contributed by atoms with Crippen LogP contribution in [0.3, 0.4) is 0 Å². The Kier molecular flexibility index (Phi) is 2.91. The van der Waals surface area contributed by atoms with Crippen LogP contribution >= 0.6 is 0 Å². The quantitative estimate of drug-likeness (QED) is 0.774. The summed E-state index contributed by atoms with van der Waals surface area (Å²) in [5, 5.41) is 9.00. The first kappa shape index (κ1) is 12.4. The van der Waals surface area contributed by atoms with E-state index in [-0.39, 0.29) is 0 Å². The number of fused-ring (bicyclic) bond motifs is 1. The van der Waals surface area contributed by atoms with Crippen LogP contribution in [0, 0.1) is 0 Å². The van der Waals surface area contributed by atoms with Crippen molar-refractivity contribution in [1.29, 1.82) is 0 Å². The maximum Gasteiger partial charge on any atom is 0.140 e. The van der Waals surface area contributed by atoms with Crippen LogP contribution in [0.1, 0.15) is 25.7 Å². The number of pyridine rings is 1. The van der Waals surface area contributed by atoms with Gasteiger partial charge in [0.05, 0.1) is 6.20 Å². The van der Waals surface area contributed by atoms with Crippen molar-refractivity contribution in [2.45, 2.75) is 31.7 Å². The van der Waals surface area contributed by atoms with Gasteiger partial charge in [0.25, 0.3) is 0 Å². The molecule has 4 rings (SSSR count). The van der Waals surface area contributed by atoms with E-state index in [4.69, 9.17) is 4.98 Å². The van der Waals surface area contributed by atoms with Crippen LogP contribution in [0.15, 0.2) is 30.7 Å². The molecule has 5 heteroatoms. The van der Waals surface area contributed by atoms with Crippen molar-refractivity contribution < 1.29 is 0 Å². The maximum atomic E-state index is 4.70. The van der Waals surface area contributed by atoms with Crippen LogP contribution < -0.4 is 5.32 Å². The minimum Gasteiger partial charge on any atom is -0.367 e. The van der Waals surface area contributed by atoms with Crippen LogP contribution in [0.4, 0.5) is 5.82 Å². The van der Waals surface area contributed by atoms with Gasteiger partial charge >= 0.3 is 0 Å². The number of rotatable bonds is 3. The topological polar surface area (TPSA) is 58.5 Å². The van der Waals surface area contributed by atoms with E-state index in [9.17, 15) is 0 Å². The van der Waals surface area contributed by atoms with Crippen LogP contribution in [0.2, 0.25) is 0 Å². The SMILES string of the molecule is Cn1cc(-c2cc(NC3CCCC3)nc3[nH]ccc23)cn1. The van der Waals surface area contributed by atoms with Gasteiger partial charge in [0.15, 0.2) is 0 Å². The Hall–Kier alpha value is -2.30.